The Morgan fingerprint density at radius 1 is 1.64 bits per heavy atom. The largest absolute Gasteiger partial charge is 0.409 e. The first-order chi connectivity index (χ1) is 6.63. The summed E-state index contributed by atoms with van der Waals surface area (Å²) in [7, 11) is 0. The molecule has 1 saturated carbocycles. The lowest BCUT2D eigenvalue weighted by molar-refractivity contribution is 0.0430. The van der Waals surface area contributed by atoms with Crippen molar-refractivity contribution in [1.29, 1.82) is 0 Å². The molecule has 1 rings (SSSR count). The Hall–Kier alpha value is -0.810. The highest BCUT2D eigenvalue weighted by Gasteiger charge is 2.26. The summed E-state index contributed by atoms with van der Waals surface area (Å²) in [5, 5.41) is 23.6. The molecule has 0 aromatic heterocycles. The standard InChI is InChI=1S/C9H19N3O2/c1-6(9(10)12-14)4-11-5-7-2-8(13)3-7/h6-8,11,13-14H,2-5H2,1H3,(H2,10,12). The van der Waals surface area contributed by atoms with Gasteiger partial charge in [-0.15, -0.1) is 0 Å². The average molecular weight is 201 g/mol. The van der Waals surface area contributed by atoms with Gasteiger partial charge < -0.3 is 21.4 Å². The second-order valence-electron chi connectivity index (χ2n) is 4.08. The van der Waals surface area contributed by atoms with Crippen LogP contribution in [0.1, 0.15) is 19.8 Å². The van der Waals surface area contributed by atoms with E-state index in [0.29, 0.717) is 12.5 Å². The summed E-state index contributed by atoms with van der Waals surface area (Å²) in [6, 6.07) is 0. The molecule has 14 heavy (non-hydrogen) atoms. The van der Waals surface area contributed by atoms with Crippen LogP contribution in [0, 0.1) is 11.8 Å². The van der Waals surface area contributed by atoms with Gasteiger partial charge in [0.15, 0.2) is 0 Å². The van der Waals surface area contributed by atoms with Crippen molar-refractivity contribution in [2.75, 3.05) is 13.1 Å². The van der Waals surface area contributed by atoms with Crippen LogP contribution in [0.5, 0.6) is 0 Å². The molecule has 0 bridgehead atoms. The number of aliphatic hydroxyl groups is 1. The van der Waals surface area contributed by atoms with E-state index in [1.54, 1.807) is 0 Å². The summed E-state index contributed by atoms with van der Waals surface area (Å²) in [5.74, 6) is 0.889. The van der Waals surface area contributed by atoms with Crippen molar-refractivity contribution in [2.45, 2.75) is 25.9 Å². The fourth-order valence-electron chi connectivity index (χ4n) is 1.57. The zero-order chi connectivity index (χ0) is 10.6. The number of hydrogen-bond donors (Lipinski definition) is 4. The van der Waals surface area contributed by atoms with Crippen molar-refractivity contribution in [3.8, 4) is 0 Å². The summed E-state index contributed by atoms with van der Waals surface area (Å²) in [5.41, 5.74) is 5.42. The molecule has 5 heteroatoms. The Labute approximate surface area is 84.0 Å². The maximum Gasteiger partial charge on any atom is 0.143 e. The summed E-state index contributed by atoms with van der Waals surface area (Å²) < 4.78 is 0. The highest BCUT2D eigenvalue weighted by Crippen LogP contribution is 2.25. The van der Waals surface area contributed by atoms with Gasteiger partial charge in [0.1, 0.15) is 5.84 Å². The van der Waals surface area contributed by atoms with E-state index in [-0.39, 0.29) is 17.9 Å². The van der Waals surface area contributed by atoms with Crippen molar-refractivity contribution >= 4 is 5.84 Å². The number of aliphatic hydroxyl groups excluding tert-OH is 1. The van der Waals surface area contributed by atoms with Gasteiger partial charge in [0, 0.05) is 12.5 Å². The molecule has 82 valence electrons. The van der Waals surface area contributed by atoms with Gasteiger partial charge in [0.05, 0.1) is 6.10 Å². The second-order valence-corrected chi connectivity index (χ2v) is 4.08. The third kappa shape index (κ3) is 3.16. The van der Waals surface area contributed by atoms with Crippen LogP contribution in [0.4, 0.5) is 0 Å². The maximum absolute atomic E-state index is 9.05. The van der Waals surface area contributed by atoms with E-state index >= 15 is 0 Å². The minimum atomic E-state index is -0.0942. The summed E-state index contributed by atoms with van der Waals surface area (Å²) in [4.78, 5) is 0. The lowest BCUT2D eigenvalue weighted by Crippen LogP contribution is -2.39. The van der Waals surface area contributed by atoms with E-state index in [0.717, 1.165) is 19.4 Å². The van der Waals surface area contributed by atoms with E-state index in [2.05, 4.69) is 10.5 Å². The van der Waals surface area contributed by atoms with Crippen LogP contribution < -0.4 is 11.1 Å². The lowest BCUT2D eigenvalue weighted by atomic mass is 9.82. The number of oxime groups is 1. The Kier molecular flexibility index (Phi) is 4.16. The Morgan fingerprint density at radius 3 is 2.79 bits per heavy atom. The number of nitrogens with one attached hydrogen (secondary N) is 1. The van der Waals surface area contributed by atoms with Gasteiger partial charge in [-0.05, 0) is 25.3 Å². The van der Waals surface area contributed by atoms with Crippen molar-refractivity contribution in [1.82, 2.24) is 5.32 Å². The van der Waals surface area contributed by atoms with E-state index in [1.165, 1.54) is 0 Å². The summed E-state index contributed by atoms with van der Waals surface area (Å²) >= 11 is 0. The van der Waals surface area contributed by atoms with Gasteiger partial charge in [-0.2, -0.15) is 0 Å². The lowest BCUT2D eigenvalue weighted by Gasteiger charge is -2.31. The van der Waals surface area contributed by atoms with Crippen LogP contribution >= 0.6 is 0 Å². The van der Waals surface area contributed by atoms with Gasteiger partial charge in [-0.25, -0.2) is 0 Å². The van der Waals surface area contributed by atoms with Crippen LogP contribution in [-0.2, 0) is 0 Å². The average Bonchev–Trinajstić information content (AvgIpc) is 2.13. The van der Waals surface area contributed by atoms with Crippen molar-refractivity contribution < 1.29 is 10.3 Å². The van der Waals surface area contributed by atoms with E-state index < -0.39 is 0 Å². The predicted octanol–water partition coefficient (Wildman–Crippen LogP) is -0.271. The smallest absolute Gasteiger partial charge is 0.143 e. The van der Waals surface area contributed by atoms with Crippen molar-refractivity contribution in [3.63, 3.8) is 0 Å². The molecule has 0 aromatic rings. The molecule has 1 fully saturated rings. The second kappa shape index (κ2) is 5.17. The highest BCUT2D eigenvalue weighted by atomic mass is 16.4. The molecule has 0 amide bonds. The van der Waals surface area contributed by atoms with Gasteiger partial charge in [-0.3, -0.25) is 0 Å². The van der Waals surface area contributed by atoms with Crippen LogP contribution in [0.15, 0.2) is 5.16 Å². The SMILES string of the molecule is CC(CNCC1CC(O)C1)C(N)=NO. The molecule has 0 spiro atoms. The van der Waals surface area contributed by atoms with E-state index in [9.17, 15) is 0 Å². The molecule has 1 atom stereocenters. The third-order valence-electron chi connectivity index (χ3n) is 2.71. The predicted molar refractivity (Wildman–Crippen MR) is 54.2 cm³/mol. The highest BCUT2D eigenvalue weighted by molar-refractivity contribution is 5.82. The van der Waals surface area contributed by atoms with Crippen molar-refractivity contribution in [3.05, 3.63) is 0 Å². The Morgan fingerprint density at radius 2 is 2.29 bits per heavy atom. The van der Waals surface area contributed by atoms with Crippen LogP contribution in [0.25, 0.3) is 0 Å². The quantitative estimate of drug-likeness (QED) is 0.213. The number of nitrogens with two attached hydrogens (primary N) is 1. The monoisotopic (exact) mass is 201 g/mol. The fraction of sp³-hybridized carbons (Fsp3) is 0.889. The molecule has 0 heterocycles. The molecule has 0 aromatic carbocycles. The topological polar surface area (TPSA) is 90.9 Å². The van der Waals surface area contributed by atoms with Gasteiger partial charge in [0.25, 0.3) is 0 Å². The number of rotatable bonds is 5. The minimum Gasteiger partial charge on any atom is -0.409 e. The third-order valence-corrected chi connectivity index (χ3v) is 2.71. The molecule has 0 radical (unpaired) electrons. The zero-order valence-electron chi connectivity index (χ0n) is 8.48. The van der Waals surface area contributed by atoms with Crippen LogP contribution in [0.2, 0.25) is 0 Å². The minimum absolute atomic E-state index is 0.0463. The first kappa shape index (κ1) is 11.3. The first-order valence-electron chi connectivity index (χ1n) is 4.99. The summed E-state index contributed by atoms with van der Waals surface area (Å²) in [6.07, 6.45) is 1.69. The van der Waals surface area contributed by atoms with Crippen molar-refractivity contribution in [2.24, 2.45) is 22.7 Å². The number of nitrogens with zero attached hydrogens (tertiary/aromatic N) is 1. The van der Waals surface area contributed by atoms with E-state index in [1.807, 2.05) is 6.92 Å². The van der Waals surface area contributed by atoms with Crippen LogP contribution in [-0.4, -0.2) is 35.3 Å². The Balaban J connectivity index is 2.04. The first-order valence-corrected chi connectivity index (χ1v) is 4.99. The molecule has 5 nitrogen and oxygen atoms in total. The normalized spacial score (nSPS) is 29.7. The van der Waals surface area contributed by atoms with Crippen LogP contribution in [0.3, 0.4) is 0 Å². The van der Waals surface area contributed by atoms with Gasteiger partial charge in [0.2, 0.25) is 0 Å². The molecule has 1 aliphatic rings. The summed E-state index contributed by atoms with van der Waals surface area (Å²) in [6.45, 7) is 3.51. The molecule has 0 aliphatic heterocycles. The molecular weight excluding hydrogens is 182 g/mol. The van der Waals surface area contributed by atoms with Gasteiger partial charge >= 0.3 is 0 Å². The molecular formula is C9H19N3O2. The Bertz CT molecular complexity index is 202. The van der Waals surface area contributed by atoms with E-state index in [4.69, 9.17) is 16.0 Å². The van der Waals surface area contributed by atoms with Gasteiger partial charge in [-0.1, -0.05) is 12.1 Å². The maximum atomic E-state index is 9.05. The fourth-order valence-corrected chi connectivity index (χ4v) is 1.57. The number of amidine groups is 1. The molecule has 5 N–H and O–H groups in total. The molecule has 1 unspecified atom stereocenters. The molecule has 0 saturated heterocycles. The zero-order valence-corrected chi connectivity index (χ0v) is 8.48. The molecule has 1 aliphatic carbocycles. The number of hydrogen-bond acceptors (Lipinski definition) is 4.